The van der Waals surface area contributed by atoms with Crippen LogP contribution in [0.2, 0.25) is 0 Å². The summed E-state index contributed by atoms with van der Waals surface area (Å²) in [6.45, 7) is 0. The van der Waals surface area contributed by atoms with Crippen molar-refractivity contribution in [3.05, 3.63) is 121 Å². The lowest BCUT2D eigenvalue weighted by molar-refractivity contribution is 1.75. The second-order valence-corrected chi connectivity index (χ2v) is 12.0. The third-order valence-electron chi connectivity index (χ3n) is 4.44. The Balaban J connectivity index is 1.85. The maximum absolute atomic E-state index is 6.28. The number of hydrogen-bond acceptors (Lipinski definition) is 1. The molecule has 0 fully saturated rings. The number of rotatable bonds is 6. The highest BCUT2D eigenvalue weighted by molar-refractivity contribution is 8.25. The van der Waals surface area contributed by atoms with E-state index in [0.29, 0.717) is 0 Å². The molecule has 4 aromatic carbocycles. The first-order chi connectivity index (χ1) is 13.8. The third-order valence-corrected chi connectivity index (χ3v) is 10.8. The van der Waals surface area contributed by atoms with Crippen molar-refractivity contribution in [2.24, 2.45) is 0 Å². The third kappa shape index (κ3) is 4.29. The van der Waals surface area contributed by atoms with Crippen molar-refractivity contribution in [2.45, 2.75) is 0 Å². The largest absolute Gasteiger partial charge is 0.0777 e. The number of hydrogen-bond donors (Lipinski definition) is 0. The summed E-state index contributed by atoms with van der Waals surface area (Å²) in [6.07, 6.45) is 0. The Kier molecular flexibility index (Phi) is 6.40. The Morgan fingerprint density at radius 1 is 0.393 bits per heavy atom. The van der Waals surface area contributed by atoms with E-state index in [0.717, 1.165) is 4.35 Å². The van der Waals surface area contributed by atoms with Crippen LogP contribution >= 0.6 is 28.1 Å². The summed E-state index contributed by atoms with van der Waals surface area (Å²) < 4.78 is 1.15. The monoisotopic (exact) mass is 414 g/mol. The summed E-state index contributed by atoms with van der Waals surface area (Å²) in [4.78, 5) is 0. The molecule has 0 amide bonds. The normalized spacial score (nSPS) is 10.9. The first-order valence-electron chi connectivity index (χ1n) is 9.19. The zero-order chi connectivity index (χ0) is 19.2. The topological polar surface area (TPSA) is 0 Å². The van der Waals surface area contributed by atoms with Crippen LogP contribution in [0.15, 0.2) is 121 Å². The van der Waals surface area contributed by atoms with Gasteiger partial charge < -0.3 is 0 Å². The summed E-state index contributed by atoms with van der Waals surface area (Å²) in [5.41, 5.74) is 0. The van der Waals surface area contributed by atoms with Crippen molar-refractivity contribution in [3.63, 3.8) is 0 Å². The number of thiocarbonyl (C=S) groups is 1. The summed E-state index contributed by atoms with van der Waals surface area (Å²) in [7, 11) is -1.48. The van der Waals surface area contributed by atoms with Crippen molar-refractivity contribution in [2.75, 3.05) is 0 Å². The predicted octanol–water partition coefficient (Wildman–Crippen LogP) is 5.54. The van der Waals surface area contributed by atoms with Crippen molar-refractivity contribution in [1.29, 1.82) is 0 Å². The molecule has 3 heteroatoms. The maximum atomic E-state index is 6.28. The second-order valence-electron chi connectivity index (χ2n) is 6.30. The van der Waals surface area contributed by atoms with Gasteiger partial charge in [0.1, 0.15) is 0 Å². The molecule has 0 saturated carbocycles. The Morgan fingerprint density at radius 3 is 0.821 bits per heavy atom. The van der Waals surface area contributed by atoms with Gasteiger partial charge in [0.05, 0.1) is 4.35 Å². The van der Waals surface area contributed by atoms with Crippen molar-refractivity contribution < 1.29 is 0 Å². The lowest BCUT2D eigenvalue weighted by Gasteiger charge is -2.27. The molecule has 0 saturated heterocycles. The first-order valence-corrected chi connectivity index (χ1v) is 12.3. The Hall–Kier alpha value is -2.17. The van der Waals surface area contributed by atoms with Crippen LogP contribution in [-0.4, -0.2) is 4.35 Å². The smallest absolute Gasteiger partial charge is 0.0570 e. The SMILES string of the molecule is S=C(P(c1ccccc1)c1ccccc1)P(c1ccccc1)c1ccccc1. The van der Waals surface area contributed by atoms with Crippen LogP contribution < -0.4 is 21.2 Å². The highest BCUT2D eigenvalue weighted by atomic mass is 32.1. The van der Waals surface area contributed by atoms with Gasteiger partial charge in [0, 0.05) is 0 Å². The van der Waals surface area contributed by atoms with E-state index in [1.165, 1.54) is 21.2 Å². The van der Waals surface area contributed by atoms with E-state index in [1.807, 2.05) is 0 Å². The fourth-order valence-electron chi connectivity index (χ4n) is 3.15. The van der Waals surface area contributed by atoms with E-state index in [2.05, 4.69) is 121 Å². The highest BCUT2D eigenvalue weighted by Crippen LogP contribution is 2.51. The molecular formula is C25H20P2S. The molecule has 0 aliphatic heterocycles. The van der Waals surface area contributed by atoms with Gasteiger partial charge in [0.2, 0.25) is 0 Å². The van der Waals surface area contributed by atoms with Crippen LogP contribution in [-0.2, 0) is 0 Å². The van der Waals surface area contributed by atoms with Crippen molar-refractivity contribution in [1.82, 2.24) is 0 Å². The van der Waals surface area contributed by atoms with Crippen LogP contribution in [0.1, 0.15) is 0 Å². The van der Waals surface area contributed by atoms with Gasteiger partial charge in [-0.1, -0.05) is 134 Å². The number of benzene rings is 4. The lowest BCUT2D eigenvalue weighted by atomic mass is 10.4. The predicted molar refractivity (Wildman–Crippen MR) is 131 cm³/mol. The highest BCUT2D eigenvalue weighted by Gasteiger charge is 2.28. The summed E-state index contributed by atoms with van der Waals surface area (Å²) in [6, 6.07) is 42.9. The summed E-state index contributed by atoms with van der Waals surface area (Å²) >= 11 is 6.28. The fraction of sp³-hybridized carbons (Fsp3) is 0. The van der Waals surface area contributed by atoms with E-state index >= 15 is 0 Å². The Labute approximate surface area is 174 Å². The molecule has 0 nitrogen and oxygen atoms in total. The van der Waals surface area contributed by atoms with Crippen LogP contribution in [0, 0.1) is 0 Å². The maximum Gasteiger partial charge on any atom is 0.0570 e. The van der Waals surface area contributed by atoms with Crippen LogP contribution in [0.5, 0.6) is 0 Å². The van der Waals surface area contributed by atoms with E-state index in [-0.39, 0.29) is 0 Å². The van der Waals surface area contributed by atoms with E-state index in [1.54, 1.807) is 0 Å². The summed E-state index contributed by atoms with van der Waals surface area (Å²) in [5, 5.41) is 5.25. The molecule has 0 spiro atoms. The van der Waals surface area contributed by atoms with Crippen molar-refractivity contribution in [3.8, 4) is 0 Å². The van der Waals surface area contributed by atoms with Crippen LogP contribution in [0.3, 0.4) is 0 Å². The van der Waals surface area contributed by atoms with Gasteiger partial charge in [-0.25, -0.2) is 0 Å². The molecule has 4 rings (SSSR count). The minimum atomic E-state index is -0.738. The average molecular weight is 414 g/mol. The van der Waals surface area contributed by atoms with Gasteiger partial charge in [-0.15, -0.1) is 0 Å². The van der Waals surface area contributed by atoms with Gasteiger partial charge in [-0.3, -0.25) is 0 Å². The average Bonchev–Trinajstić information content (AvgIpc) is 2.77. The molecule has 28 heavy (non-hydrogen) atoms. The van der Waals surface area contributed by atoms with Crippen LogP contribution in [0.25, 0.3) is 0 Å². The van der Waals surface area contributed by atoms with Gasteiger partial charge in [0.15, 0.2) is 0 Å². The minimum absolute atomic E-state index is 0.738. The molecule has 0 unspecified atom stereocenters. The molecule has 0 aliphatic rings. The molecule has 0 N–H and O–H groups in total. The van der Waals surface area contributed by atoms with E-state index in [9.17, 15) is 0 Å². The molecule has 0 aromatic heterocycles. The molecular weight excluding hydrogens is 394 g/mol. The summed E-state index contributed by atoms with van der Waals surface area (Å²) in [5.74, 6) is 0. The van der Waals surface area contributed by atoms with Gasteiger partial charge in [-0.05, 0) is 37.1 Å². The van der Waals surface area contributed by atoms with Crippen LogP contribution in [0.4, 0.5) is 0 Å². The lowest BCUT2D eigenvalue weighted by Crippen LogP contribution is -2.22. The van der Waals surface area contributed by atoms with Gasteiger partial charge in [0.25, 0.3) is 0 Å². The molecule has 0 bridgehead atoms. The Morgan fingerprint density at radius 2 is 0.607 bits per heavy atom. The van der Waals surface area contributed by atoms with Gasteiger partial charge >= 0.3 is 0 Å². The molecule has 0 atom stereocenters. The van der Waals surface area contributed by atoms with E-state index in [4.69, 9.17) is 12.2 Å². The molecule has 4 aromatic rings. The Bertz CT molecular complexity index is 855. The molecule has 136 valence electrons. The minimum Gasteiger partial charge on any atom is -0.0777 e. The van der Waals surface area contributed by atoms with Crippen molar-refractivity contribution >= 4 is 53.6 Å². The first kappa shape index (κ1) is 19.2. The fourth-order valence-corrected chi connectivity index (χ4v) is 9.96. The van der Waals surface area contributed by atoms with E-state index < -0.39 is 15.8 Å². The zero-order valence-corrected chi connectivity index (χ0v) is 18.0. The molecule has 0 aliphatic carbocycles. The molecule has 0 heterocycles. The quantitative estimate of drug-likeness (QED) is 0.295. The molecule has 0 radical (unpaired) electrons. The van der Waals surface area contributed by atoms with Gasteiger partial charge in [-0.2, -0.15) is 0 Å². The standard InChI is InChI=1S/C25H20P2S/c28-25(26(21-13-5-1-6-14-21)22-15-7-2-8-16-22)27(23-17-9-3-10-18-23)24-19-11-4-12-20-24/h1-20H. The second kappa shape index (κ2) is 9.35. The zero-order valence-electron chi connectivity index (χ0n) is 15.3.